The lowest BCUT2D eigenvalue weighted by atomic mass is 9.88. The van der Waals surface area contributed by atoms with Crippen molar-refractivity contribution in [3.63, 3.8) is 0 Å². The number of carbonyl (C=O) groups is 2. The fourth-order valence-electron chi connectivity index (χ4n) is 3.76. The number of aliphatic hydroxyl groups is 1. The predicted octanol–water partition coefficient (Wildman–Crippen LogP) is 3.47. The van der Waals surface area contributed by atoms with Gasteiger partial charge in [-0.25, -0.2) is 0 Å². The normalized spacial score (nSPS) is 17.9. The Morgan fingerprint density at radius 1 is 1.00 bits per heavy atom. The number of amides is 2. The van der Waals surface area contributed by atoms with Gasteiger partial charge in [-0.1, -0.05) is 67.6 Å². The minimum Gasteiger partial charge on any atom is -0.372 e. The fourth-order valence-corrected chi connectivity index (χ4v) is 3.76. The third-order valence-corrected chi connectivity index (χ3v) is 5.25. The van der Waals surface area contributed by atoms with Crippen LogP contribution in [0.15, 0.2) is 78.9 Å². The van der Waals surface area contributed by atoms with E-state index in [2.05, 4.69) is 5.32 Å². The highest BCUT2D eigenvalue weighted by atomic mass is 16.3. The van der Waals surface area contributed by atoms with Crippen molar-refractivity contribution in [2.45, 2.75) is 18.9 Å². The molecule has 1 atom stereocenters. The quantitative estimate of drug-likeness (QED) is 0.705. The third kappa shape index (κ3) is 3.30. The molecule has 1 heterocycles. The largest absolute Gasteiger partial charge is 0.372 e. The van der Waals surface area contributed by atoms with Gasteiger partial charge in [0.1, 0.15) is 6.54 Å². The maximum absolute atomic E-state index is 13.3. The maximum Gasteiger partial charge on any atom is 0.268 e. The summed E-state index contributed by atoms with van der Waals surface area (Å²) in [4.78, 5) is 27.3. The topological polar surface area (TPSA) is 69.6 Å². The molecule has 0 fully saturated rings. The highest BCUT2D eigenvalue weighted by Gasteiger charge is 2.51. The summed E-state index contributed by atoms with van der Waals surface area (Å²) in [5, 5.41) is 14.2. The molecular weight excluding hydrogens is 364 g/mol. The Labute approximate surface area is 169 Å². The van der Waals surface area contributed by atoms with E-state index in [1.807, 2.05) is 37.3 Å². The molecule has 0 radical (unpaired) electrons. The molecule has 2 amide bonds. The Kier molecular flexibility index (Phi) is 4.91. The van der Waals surface area contributed by atoms with Gasteiger partial charge in [-0.2, -0.15) is 0 Å². The second kappa shape index (κ2) is 7.53. The Morgan fingerprint density at radius 2 is 1.72 bits per heavy atom. The number of hydrogen-bond acceptors (Lipinski definition) is 3. The number of rotatable bonds is 5. The van der Waals surface area contributed by atoms with Crippen molar-refractivity contribution in [3.05, 3.63) is 95.6 Å². The van der Waals surface area contributed by atoms with Gasteiger partial charge in [0.15, 0.2) is 5.60 Å². The summed E-state index contributed by atoms with van der Waals surface area (Å²) in [6, 6.07) is 23.5. The van der Waals surface area contributed by atoms with E-state index >= 15 is 0 Å². The van der Waals surface area contributed by atoms with Crippen LogP contribution in [0.4, 0.5) is 11.4 Å². The number of nitrogens with one attached hydrogen (secondary N) is 1. The Morgan fingerprint density at radius 3 is 2.48 bits per heavy atom. The molecule has 1 aliphatic rings. The van der Waals surface area contributed by atoms with Gasteiger partial charge >= 0.3 is 0 Å². The van der Waals surface area contributed by atoms with Crippen molar-refractivity contribution in [2.75, 3.05) is 16.8 Å². The predicted molar refractivity (Wildman–Crippen MR) is 113 cm³/mol. The lowest BCUT2D eigenvalue weighted by Crippen LogP contribution is -2.44. The first-order chi connectivity index (χ1) is 14.0. The molecule has 5 heteroatoms. The smallest absolute Gasteiger partial charge is 0.268 e. The SMILES string of the molecule is CCc1cccc(NC(=O)CN2C(=O)[C@](O)(c3ccccc3)c3ccccc32)c1. The zero-order chi connectivity index (χ0) is 20.4. The molecule has 0 saturated heterocycles. The van der Waals surface area contributed by atoms with Crippen molar-refractivity contribution >= 4 is 23.2 Å². The van der Waals surface area contributed by atoms with Crippen molar-refractivity contribution in [1.29, 1.82) is 0 Å². The molecule has 0 bridgehead atoms. The first kappa shape index (κ1) is 18.9. The highest BCUT2D eigenvalue weighted by Crippen LogP contribution is 2.44. The van der Waals surface area contributed by atoms with Gasteiger partial charge in [0.25, 0.3) is 5.91 Å². The van der Waals surface area contributed by atoms with Crippen LogP contribution in [0.2, 0.25) is 0 Å². The van der Waals surface area contributed by atoms with Gasteiger partial charge in [0, 0.05) is 11.3 Å². The van der Waals surface area contributed by atoms with Crippen LogP contribution in [0.1, 0.15) is 23.6 Å². The maximum atomic E-state index is 13.3. The molecule has 3 aromatic carbocycles. The zero-order valence-corrected chi connectivity index (χ0v) is 16.1. The molecule has 2 N–H and O–H groups in total. The fraction of sp³-hybridized carbons (Fsp3) is 0.167. The van der Waals surface area contributed by atoms with Gasteiger partial charge in [-0.05, 0) is 35.7 Å². The summed E-state index contributed by atoms with van der Waals surface area (Å²) in [6.45, 7) is 1.87. The van der Waals surface area contributed by atoms with Crippen molar-refractivity contribution in [3.8, 4) is 0 Å². The van der Waals surface area contributed by atoms with E-state index in [-0.39, 0.29) is 12.5 Å². The van der Waals surface area contributed by atoms with Crippen LogP contribution in [-0.2, 0) is 21.6 Å². The summed E-state index contributed by atoms with van der Waals surface area (Å²) >= 11 is 0. The summed E-state index contributed by atoms with van der Waals surface area (Å²) in [6.07, 6.45) is 0.867. The van der Waals surface area contributed by atoms with Gasteiger partial charge in [0.05, 0.1) is 5.69 Å². The van der Waals surface area contributed by atoms with Crippen molar-refractivity contribution < 1.29 is 14.7 Å². The number of anilines is 2. The van der Waals surface area contributed by atoms with Crippen LogP contribution in [0.25, 0.3) is 0 Å². The van der Waals surface area contributed by atoms with E-state index in [1.54, 1.807) is 48.5 Å². The highest BCUT2D eigenvalue weighted by molar-refractivity contribution is 6.12. The first-order valence-electron chi connectivity index (χ1n) is 9.62. The van der Waals surface area contributed by atoms with Crippen LogP contribution < -0.4 is 10.2 Å². The molecule has 0 saturated carbocycles. The monoisotopic (exact) mass is 386 g/mol. The Hall–Kier alpha value is -3.44. The molecule has 0 aliphatic carbocycles. The molecule has 0 unspecified atom stereocenters. The molecule has 3 aromatic rings. The lowest BCUT2D eigenvalue weighted by molar-refractivity contribution is -0.133. The number of nitrogens with zero attached hydrogens (tertiary/aromatic N) is 1. The van der Waals surface area contributed by atoms with Gasteiger partial charge in [-0.3, -0.25) is 14.5 Å². The average molecular weight is 386 g/mol. The minimum atomic E-state index is -1.81. The van der Waals surface area contributed by atoms with Gasteiger partial charge in [0.2, 0.25) is 5.91 Å². The lowest BCUT2D eigenvalue weighted by Gasteiger charge is -2.23. The molecule has 5 nitrogen and oxygen atoms in total. The van der Waals surface area contributed by atoms with E-state index < -0.39 is 11.5 Å². The summed E-state index contributed by atoms with van der Waals surface area (Å²) in [7, 11) is 0. The Bertz CT molecular complexity index is 1060. The molecule has 29 heavy (non-hydrogen) atoms. The number of hydrogen-bond donors (Lipinski definition) is 2. The van der Waals surface area contributed by atoms with Crippen LogP contribution >= 0.6 is 0 Å². The van der Waals surface area contributed by atoms with Crippen LogP contribution in [0, 0.1) is 0 Å². The number of fused-ring (bicyclic) bond motifs is 1. The number of carbonyl (C=O) groups excluding carboxylic acids is 2. The minimum absolute atomic E-state index is 0.179. The second-order valence-corrected chi connectivity index (χ2v) is 7.09. The average Bonchev–Trinajstić information content (AvgIpc) is 2.97. The van der Waals surface area contributed by atoms with E-state index in [1.165, 1.54) is 4.90 Å². The van der Waals surface area contributed by atoms with E-state index in [4.69, 9.17) is 0 Å². The van der Waals surface area contributed by atoms with Crippen LogP contribution in [0.5, 0.6) is 0 Å². The van der Waals surface area contributed by atoms with E-state index in [0.29, 0.717) is 22.5 Å². The number of aryl methyl sites for hydroxylation is 1. The number of para-hydroxylation sites is 1. The standard InChI is InChI=1S/C24H22N2O3/c1-2-17-9-8-12-19(15-17)25-22(27)16-26-21-14-7-6-13-20(21)24(29,23(26)28)18-10-4-3-5-11-18/h3-15,29H,2,16H2,1H3,(H,25,27)/t24-/m0/s1. The van der Waals surface area contributed by atoms with Gasteiger partial charge < -0.3 is 10.4 Å². The van der Waals surface area contributed by atoms with Crippen LogP contribution in [-0.4, -0.2) is 23.5 Å². The van der Waals surface area contributed by atoms with Crippen molar-refractivity contribution in [2.24, 2.45) is 0 Å². The Balaban J connectivity index is 1.63. The summed E-state index contributed by atoms with van der Waals surface area (Å²) in [5.41, 5.74) is 1.51. The zero-order valence-electron chi connectivity index (χ0n) is 16.1. The molecular formula is C24H22N2O3. The van der Waals surface area contributed by atoms with Crippen molar-refractivity contribution in [1.82, 2.24) is 0 Å². The molecule has 146 valence electrons. The summed E-state index contributed by atoms with van der Waals surface area (Å²) in [5.74, 6) is -0.846. The second-order valence-electron chi connectivity index (χ2n) is 7.09. The van der Waals surface area contributed by atoms with Gasteiger partial charge in [-0.15, -0.1) is 0 Å². The molecule has 4 rings (SSSR count). The third-order valence-electron chi connectivity index (χ3n) is 5.25. The summed E-state index contributed by atoms with van der Waals surface area (Å²) < 4.78 is 0. The molecule has 0 aromatic heterocycles. The van der Waals surface area contributed by atoms with E-state index in [0.717, 1.165) is 12.0 Å². The van der Waals surface area contributed by atoms with Crippen LogP contribution in [0.3, 0.4) is 0 Å². The molecule has 1 aliphatic heterocycles. The number of benzene rings is 3. The van der Waals surface area contributed by atoms with E-state index in [9.17, 15) is 14.7 Å². The molecule has 0 spiro atoms. The first-order valence-corrected chi connectivity index (χ1v) is 9.62.